The lowest BCUT2D eigenvalue weighted by molar-refractivity contribution is -0.191. The van der Waals surface area contributed by atoms with Gasteiger partial charge in [-0.3, -0.25) is 9.59 Å². The summed E-state index contributed by atoms with van der Waals surface area (Å²) in [7, 11) is 1.65. The zero-order chi connectivity index (χ0) is 19.6. The van der Waals surface area contributed by atoms with Gasteiger partial charge in [-0.2, -0.15) is 9.59 Å². The highest BCUT2D eigenvalue weighted by Gasteiger charge is 2.35. The van der Waals surface area contributed by atoms with Crippen molar-refractivity contribution in [3.63, 3.8) is 0 Å². The molecule has 1 saturated heterocycles. The predicted octanol–water partition coefficient (Wildman–Crippen LogP) is 1.05. The van der Waals surface area contributed by atoms with Gasteiger partial charge >= 0.3 is 6.15 Å². The second-order valence-corrected chi connectivity index (χ2v) is 7.63. The number of nitrogens with zero attached hydrogens (tertiary/aromatic N) is 1. The maximum atomic E-state index is 11.7. The summed E-state index contributed by atoms with van der Waals surface area (Å²) >= 11 is 0. The number of hydrogen-bond acceptors (Lipinski definition) is 5. The largest absolute Gasteiger partial charge is 0.373 e. The highest BCUT2D eigenvalue weighted by molar-refractivity contribution is 5.82. The molecule has 24 heavy (non-hydrogen) atoms. The van der Waals surface area contributed by atoms with Gasteiger partial charge in [0.15, 0.2) is 0 Å². The molecule has 140 valence electrons. The Bertz CT molecular complexity index is 424. The van der Waals surface area contributed by atoms with Gasteiger partial charge in [0.1, 0.15) is 0 Å². The molecule has 2 N–H and O–H groups in total. The van der Waals surface area contributed by atoms with Crippen LogP contribution in [0.2, 0.25) is 0 Å². The van der Waals surface area contributed by atoms with E-state index in [2.05, 4.69) is 17.6 Å². The van der Waals surface area contributed by atoms with E-state index < -0.39 is 0 Å². The van der Waals surface area contributed by atoms with Crippen LogP contribution in [0.5, 0.6) is 0 Å². The van der Waals surface area contributed by atoms with Crippen molar-refractivity contribution >= 4 is 18.0 Å². The third-order valence-corrected chi connectivity index (χ3v) is 3.21. The summed E-state index contributed by atoms with van der Waals surface area (Å²) in [6, 6.07) is 0.524. The molecule has 0 aromatic carbocycles. The molecule has 1 aliphatic rings. The fraction of sp³-hybridized carbons (Fsp3) is 0.824. The van der Waals surface area contributed by atoms with E-state index in [1.54, 1.807) is 7.05 Å². The minimum absolute atomic E-state index is 0.0810. The quantitative estimate of drug-likeness (QED) is 0.781. The first-order valence-corrected chi connectivity index (χ1v) is 8.09. The Morgan fingerprint density at radius 2 is 1.46 bits per heavy atom. The van der Waals surface area contributed by atoms with Crippen molar-refractivity contribution in [1.82, 2.24) is 15.5 Å². The predicted molar refractivity (Wildman–Crippen MR) is 92.0 cm³/mol. The monoisotopic (exact) mass is 343 g/mol. The van der Waals surface area contributed by atoms with E-state index in [1.165, 1.54) is 0 Å². The lowest BCUT2D eigenvalue weighted by Crippen LogP contribution is -2.61. The van der Waals surface area contributed by atoms with Crippen molar-refractivity contribution in [3.05, 3.63) is 0 Å². The maximum absolute atomic E-state index is 11.7. The highest BCUT2D eigenvalue weighted by atomic mass is 16.2. The number of likely N-dealkylation sites (N-methyl/N-ethyl adjacent to an activating group) is 1. The van der Waals surface area contributed by atoms with Crippen LogP contribution in [0.15, 0.2) is 0 Å². The molecule has 0 radical (unpaired) electrons. The third-order valence-electron chi connectivity index (χ3n) is 3.21. The van der Waals surface area contributed by atoms with E-state index in [-0.39, 0.29) is 28.8 Å². The molecule has 0 aromatic rings. The zero-order valence-electron chi connectivity index (χ0n) is 16.3. The van der Waals surface area contributed by atoms with Gasteiger partial charge in [0.05, 0.1) is 0 Å². The number of hydrogen-bond donors (Lipinski definition) is 2. The average Bonchev–Trinajstić information content (AvgIpc) is 2.40. The van der Waals surface area contributed by atoms with E-state index in [0.717, 1.165) is 19.6 Å². The van der Waals surface area contributed by atoms with Gasteiger partial charge < -0.3 is 15.5 Å². The van der Waals surface area contributed by atoms with Gasteiger partial charge in [-0.05, 0) is 6.54 Å². The minimum atomic E-state index is -0.241. The second kappa shape index (κ2) is 10.9. The van der Waals surface area contributed by atoms with Crippen LogP contribution in [-0.4, -0.2) is 55.6 Å². The van der Waals surface area contributed by atoms with Crippen LogP contribution in [-0.2, 0) is 19.2 Å². The zero-order valence-corrected chi connectivity index (χ0v) is 16.3. The van der Waals surface area contributed by atoms with Crippen LogP contribution in [0.25, 0.3) is 0 Å². The van der Waals surface area contributed by atoms with E-state index in [9.17, 15) is 9.59 Å². The molecule has 0 aromatic heterocycles. The number of amides is 2. The van der Waals surface area contributed by atoms with E-state index in [4.69, 9.17) is 9.59 Å². The van der Waals surface area contributed by atoms with Crippen LogP contribution in [0.1, 0.15) is 48.5 Å². The maximum Gasteiger partial charge on any atom is 0.373 e. The summed E-state index contributed by atoms with van der Waals surface area (Å²) in [5.41, 5.74) is -0.466. The third kappa shape index (κ3) is 10.1. The molecule has 0 bridgehead atoms. The SMILES string of the molecule is CCNC1CN(C(=O)C(C)(C)C)C1.CNC(=O)C(C)(C)C.O=C=O. The first-order chi connectivity index (χ1) is 10.8. The molecule has 0 saturated carbocycles. The molecule has 0 unspecified atom stereocenters. The van der Waals surface area contributed by atoms with Gasteiger partial charge in [0.2, 0.25) is 11.8 Å². The Morgan fingerprint density at radius 1 is 1.04 bits per heavy atom. The van der Waals surface area contributed by atoms with E-state index in [1.807, 2.05) is 46.4 Å². The van der Waals surface area contributed by atoms with Gasteiger partial charge in [-0.1, -0.05) is 48.5 Å². The van der Waals surface area contributed by atoms with Crippen molar-refractivity contribution in [2.45, 2.75) is 54.5 Å². The number of rotatable bonds is 2. The highest BCUT2D eigenvalue weighted by Crippen LogP contribution is 2.21. The lowest BCUT2D eigenvalue weighted by Gasteiger charge is -2.42. The van der Waals surface area contributed by atoms with Gasteiger partial charge in [0.25, 0.3) is 0 Å². The molecule has 0 aliphatic carbocycles. The molecule has 7 heteroatoms. The molecular weight excluding hydrogens is 310 g/mol. The number of carbonyl (C=O) groups is 2. The van der Waals surface area contributed by atoms with Crippen LogP contribution >= 0.6 is 0 Å². The summed E-state index contributed by atoms with van der Waals surface area (Å²) in [5.74, 6) is 0.346. The van der Waals surface area contributed by atoms with Crippen LogP contribution in [0, 0.1) is 10.8 Å². The first kappa shape index (κ1) is 24.5. The molecule has 2 amide bonds. The Kier molecular flexibility index (Phi) is 11.2. The fourth-order valence-corrected chi connectivity index (χ4v) is 1.91. The summed E-state index contributed by atoms with van der Waals surface area (Å²) < 4.78 is 0. The smallest absolute Gasteiger partial charge is 0.359 e. The number of likely N-dealkylation sites (tertiary alicyclic amines) is 1. The molecule has 0 spiro atoms. The normalized spacial score (nSPS) is 14.1. The summed E-state index contributed by atoms with van der Waals surface area (Å²) in [5, 5.41) is 5.89. The summed E-state index contributed by atoms with van der Waals surface area (Å²) in [6.45, 7) is 16.4. The first-order valence-electron chi connectivity index (χ1n) is 8.09. The number of nitrogens with one attached hydrogen (secondary N) is 2. The van der Waals surface area contributed by atoms with Crippen molar-refractivity contribution in [2.24, 2.45) is 10.8 Å². The van der Waals surface area contributed by atoms with Crippen LogP contribution in [0.4, 0.5) is 0 Å². The molecule has 0 atom stereocenters. The van der Waals surface area contributed by atoms with Crippen molar-refractivity contribution in [2.75, 3.05) is 26.7 Å². The van der Waals surface area contributed by atoms with Crippen molar-refractivity contribution in [1.29, 1.82) is 0 Å². The Morgan fingerprint density at radius 3 is 1.67 bits per heavy atom. The topological polar surface area (TPSA) is 95.6 Å². The summed E-state index contributed by atoms with van der Waals surface area (Å²) in [4.78, 5) is 40.6. The molecule has 1 rings (SSSR count). The van der Waals surface area contributed by atoms with E-state index >= 15 is 0 Å². The standard InChI is InChI=1S/C10H20N2O.C6H13NO.CO2/c1-5-11-8-6-12(7-8)9(13)10(2,3)4;1-6(2,3)5(8)7-4;2-1-3/h8,11H,5-7H2,1-4H3;1-4H3,(H,7,8);. The number of carbonyl (C=O) groups excluding carboxylic acids is 4. The summed E-state index contributed by atoms with van der Waals surface area (Å²) in [6.07, 6.45) is 0.250. The fourth-order valence-electron chi connectivity index (χ4n) is 1.91. The van der Waals surface area contributed by atoms with Gasteiger partial charge in [-0.15, -0.1) is 0 Å². The average molecular weight is 343 g/mol. The molecular formula is C17H33N3O4. The minimum Gasteiger partial charge on any atom is -0.359 e. The Hall–Kier alpha value is -1.72. The molecule has 1 heterocycles. The van der Waals surface area contributed by atoms with Crippen LogP contribution < -0.4 is 10.6 Å². The van der Waals surface area contributed by atoms with Crippen molar-refractivity contribution < 1.29 is 19.2 Å². The lowest BCUT2D eigenvalue weighted by atomic mass is 9.92. The van der Waals surface area contributed by atoms with Gasteiger partial charge in [0, 0.05) is 37.0 Å². The molecule has 1 aliphatic heterocycles. The molecule has 1 fully saturated rings. The second-order valence-electron chi connectivity index (χ2n) is 7.63. The van der Waals surface area contributed by atoms with Gasteiger partial charge in [-0.25, -0.2) is 0 Å². The van der Waals surface area contributed by atoms with Crippen molar-refractivity contribution in [3.8, 4) is 0 Å². The van der Waals surface area contributed by atoms with E-state index in [0.29, 0.717) is 6.04 Å². The Labute approximate surface area is 145 Å². The molecule has 7 nitrogen and oxygen atoms in total. The van der Waals surface area contributed by atoms with Crippen LogP contribution in [0.3, 0.4) is 0 Å². The Balaban J connectivity index is 0.